The van der Waals surface area contributed by atoms with Crippen LogP contribution in [0.5, 0.6) is 0 Å². The van der Waals surface area contributed by atoms with Crippen molar-refractivity contribution in [1.82, 2.24) is 0 Å². The van der Waals surface area contributed by atoms with Crippen LogP contribution in [0.4, 0.5) is 5.69 Å². The summed E-state index contributed by atoms with van der Waals surface area (Å²) in [5.41, 5.74) is 1.72. The van der Waals surface area contributed by atoms with E-state index in [1.54, 1.807) is 6.92 Å². The molecule has 0 aromatic heterocycles. The summed E-state index contributed by atoms with van der Waals surface area (Å²) in [4.78, 5) is 13.8. The lowest BCUT2D eigenvalue weighted by Crippen LogP contribution is -2.34. The van der Waals surface area contributed by atoms with Gasteiger partial charge in [0.2, 0.25) is 0 Å². The minimum absolute atomic E-state index is 0.270. The quantitative estimate of drug-likeness (QED) is 0.845. The molecule has 0 unspecified atom stereocenters. The predicted octanol–water partition coefficient (Wildman–Crippen LogP) is 2.07. The fraction of sp³-hybridized carbons (Fsp3) is 0.533. The molecule has 4 nitrogen and oxygen atoms in total. The van der Waals surface area contributed by atoms with E-state index in [4.69, 9.17) is 9.84 Å². The topological polar surface area (TPSA) is 49.8 Å². The van der Waals surface area contributed by atoms with Gasteiger partial charge >= 0.3 is 5.97 Å². The number of benzene rings is 1. The number of hydrogen-bond acceptors (Lipinski definition) is 4. The Morgan fingerprint density at radius 3 is 2.47 bits per heavy atom. The number of piperidine rings is 1. The van der Waals surface area contributed by atoms with Gasteiger partial charge in [0.25, 0.3) is 0 Å². The van der Waals surface area contributed by atoms with E-state index in [1.165, 1.54) is 0 Å². The number of aliphatic hydroxyl groups excluding tert-OH is 1. The van der Waals surface area contributed by atoms with E-state index in [0.29, 0.717) is 18.1 Å². The van der Waals surface area contributed by atoms with Gasteiger partial charge in [-0.05, 0) is 49.9 Å². The van der Waals surface area contributed by atoms with Crippen LogP contribution in [-0.4, -0.2) is 37.4 Å². The Morgan fingerprint density at radius 2 is 1.95 bits per heavy atom. The van der Waals surface area contributed by atoms with Gasteiger partial charge in [0, 0.05) is 25.4 Å². The molecule has 19 heavy (non-hydrogen) atoms. The van der Waals surface area contributed by atoms with E-state index in [9.17, 15) is 4.79 Å². The minimum Gasteiger partial charge on any atom is -0.462 e. The second-order valence-corrected chi connectivity index (χ2v) is 4.88. The maximum atomic E-state index is 11.6. The molecule has 0 aliphatic carbocycles. The lowest BCUT2D eigenvalue weighted by Gasteiger charge is -2.32. The van der Waals surface area contributed by atoms with Gasteiger partial charge < -0.3 is 14.7 Å². The summed E-state index contributed by atoms with van der Waals surface area (Å²) < 4.78 is 4.96. The summed E-state index contributed by atoms with van der Waals surface area (Å²) in [6.07, 6.45) is 2.05. The normalized spacial score (nSPS) is 16.4. The molecule has 1 aliphatic rings. The molecule has 1 aliphatic heterocycles. The van der Waals surface area contributed by atoms with Gasteiger partial charge in [-0.25, -0.2) is 4.79 Å². The van der Waals surface area contributed by atoms with Crippen molar-refractivity contribution in [3.63, 3.8) is 0 Å². The first kappa shape index (κ1) is 13.9. The van der Waals surface area contributed by atoms with E-state index in [1.807, 2.05) is 24.3 Å². The highest BCUT2D eigenvalue weighted by atomic mass is 16.5. The molecule has 1 N–H and O–H groups in total. The standard InChI is InChI=1S/C15H21NO3/c1-2-19-15(18)13-3-5-14(6-4-13)16-9-7-12(11-17)8-10-16/h3-6,12,17H,2,7-11H2,1H3. The van der Waals surface area contributed by atoms with Crippen molar-refractivity contribution in [3.8, 4) is 0 Å². The van der Waals surface area contributed by atoms with E-state index in [2.05, 4.69) is 4.90 Å². The smallest absolute Gasteiger partial charge is 0.338 e. The first-order chi connectivity index (χ1) is 9.24. The largest absolute Gasteiger partial charge is 0.462 e. The number of aliphatic hydroxyl groups is 1. The van der Waals surface area contributed by atoms with Gasteiger partial charge in [0.05, 0.1) is 12.2 Å². The highest BCUT2D eigenvalue weighted by Gasteiger charge is 2.18. The van der Waals surface area contributed by atoms with Crippen molar-refractivity contribution in [2.24, 2.45) is 5.92 Å². The number of nitrogens with zero attached hydrogens (tertiary/aromatic N) is 1. The highest BCUT2D eigenvalue weighted by Crippen LogP contribution is 2.23. The van der Waals surface area contributed by atoms with Crippen molar-refractivity contribution in [1.29, 1.82) is 0 Å². The van der Waals surface area contributed by atoms with Crippen LogP contribution in [0.25, 0.3) is 0 Å². The molecule has 104 valence electrons. The summed E-state index contributed by atoms with van der Waals surface area (Å²) in [6.45, 7) is 4.41. The van der Waals surface area contributed by atoms with E-state index < -0.39 is 0 Å². The van der Waals surface area contributed by atoms with Crippen LogP contribution in [0, 0.1) is 5.92 Å². The molecule has 0 atom stereocenters. The molecule has 1 saturated heterocycles. The maximum absolute atomic E-state index is 11.6. The molecule has 4 heteroatoms. The summed E-state index contributed by atoms with van der Waals surface area (Å²) >= 11 is 0. The van der Waals surface area contributed by atoms with Crippen LogP contribution in [0.1, 0.15) is 30.1 Å². The van der Waals surface area contributed by atoms with Gasteiger partial charge in [-0.15, -0.1) is 0 Å². The molecule has 1 heterocycles. The molecular formula is C15H21NO3. The Morgan fingerprint density at radius 1 is 1.32 bits per heavy atom. The number of carbonyl (C=O) groups is 1. The number of hydrogen-bond donors (Lipinski definition) is 1. The molecule has 0 amide bonds. The Balaban J connectivity index is 1.97. The summed E-state index contributed by atoms with van der Waals surface area (Å²) in [5, 5.41) is 9.13. The minimum atomic E-state index is -0.270. The van der Waals surface area contributed by atoms with Crippen LogP contribution in [0.2, 0.25) is 0 Å². The average molecular weight is 263 g/mol. The van der Waals surface area contributed by atoms with Gasteiger partial charge in [-0.1, -0.05) is 0 Å². The third kappa shape index (κ3) is 3.47. The molecule has 0 radical (unpaired) electrons. The van der Waals surface area contributed by atoms with E-state index >= 15 is 0 Å². The molecule has 0 saturated carbocycles. The first-order valence-corrected chi connectivity index (χ1v) is 6.87. The van der Waals surface area contributed by atoms with Crippen molar-refractivity contribution >= 4 is 11.7 Å². The Hall–Kier alpha value is -1.55. The van der Waals surface area contributed by atoms with Crippen LogP contribution < -0.4 is 4.90 Å². The Labute approximate surface area is 114 Å². The van der Waals surface area contributed by atoms with Crippen LogP contribution in [-0.2, 0) is 4.74 Å². The van der Waals surface area contributed by atoms with Crippen LogP contribution >= 0.6 is 0 Å². The summed E-state index contributed by atoms with van der Waals surface area (Å²) in [6, 6.07) is 7.55. The fourth-order valence-corrected chi connectivity index (χ4v) is 2.40. The summed E-state index contributed by atoms with van der Waals surface area (Å²) in [5.74, 6) is 0.170. The van der Waals surface area contributed by atoms with Crippen molar-refractivity contribution in [3.05, 3.63) is 29.8 Å². The van der Waals surface area contributed by atoms with Crippen LogP contribution in [0.3, 0.4) is 0 Å². The molecule has 1 aromatic rings. The summed E-state index contributed by atoms with van der Waals surface area (Å²) in [7, 11) is 0. The van der Waals surface area contributed by atoms with Gasteiger partial charge in [0.1, 0.15) is 0 Å². The Kier molecular flexibility index (Phi) is 4.80. The fourth-order valence-electron chi connectivity index (χ4n) is 2.40. The van der Waals surface area contributed by atoms with Crippen molar-refractivity contribution < 1.29 is 14.6 Å². The predicted molar refractivity (Wildman–Crippen MR) is 74.4 cm³/mol. The van der Waals surface area contributed by atoms with E-state index in [0.717, 1.165) is 31.6 Å². The molecule has 1 aromatic carbocycles. The lowest BCUT2D eigenvalue weighted by atomic mass is 9.97. The van der Waals surface area contributed by atoms with Crippen LogP contribution in [0.15, 0.2) is 24.3 Å². The van der Waals surface area contributed by atoms with E-state index in [-0.39, 0.29) is 12.6 Å². The lowest BCUT2D eigenvalue weighted by molar-refractivity contribution is 0.0526. The Bertz CT molecular complexity index is 408. The third-order valence-corrected chi connectivity index (χ3v) is 3.62. The number of ether oxygens (including phenoxy) is 1. The average Bonchev–Trinajstić information content (AvgIpc) is 2.48. The second kappa shape index (κ2) is 6.57. The maximum Gasteiger partial charge on any atom is 0.338 e. The van der Waals surface area contributed by atoms with Gasteiger partial charge in [-0.2, -0.15) is 0 Å². The van der Waals surface area contributed by atoms with Gasteiger partial charge in [-0.3, -0.25) is 0 Å². The number of anilines is 1. The number of esters is 1. The second-order valence-electron chi connectivity index (χ2n) is 4.88. The number of rotatable bonds is 4. The molecule has 2 rings (SSSR count). The molecule has 1 fully saturated rings. The zero-order valence-electron chi connectivity index (χ0n) is 11.3. The monoisotopic (exact) mass is 263 g/mol. The zero-order valence-corrected chi connectivity index (χ0v) is 11.3. The molecule has 0 spiro atoms. The SMILES string of the molecule is CCOC(=O)c1ccc(N2CCC(CO)CC2)cc1. The highest BCUT2D eigenvalue weighted by molar-refractivity contribution is 5.89. The van der Waals surface area contributed by atoms with Crippen molar-refractivity contribution in [2.75, 3.05) is 31.2 Å². The molecule has 0 bridgehead atoms. The third-order valence-electron chi connectivity index (χ3n) is 3.62. The van der Waals surface area contributed by atoms with Crippen molar-refractivity contribution in [2.45, 2.75) is 19.8 Å². The zero-order chi connectivity index (χ0) is 13.7. The molecular weight excluding hydrogens is 242 g/mol. The number of carbonyl (C=O) groups excluding carboxylic acids is 1. The van der Waals surface area contributed by atoms with Gasteiger partial charge in [0.15, 0.2) is 0 Å². The first-order valence-electron chi connectivity index (χ1n) is 6.87.